The van der Waals surface area contributed by atoms with E-state index in [2.05, 4.69) is 26.6 Å². The molecule has 0 saturated carbocycles. The summed E-state index contributed by atoms with van der Waals surface area (Å²) in [4.78, 5) is 24.6. The minimum atomic E-state index is -0.188. The molecule has 0 fully saturated rings. The molecule has 2 N–H and O–H groups in total. The number of benzene rings is 3. The molecule has 0 radical (unpaired) electrons. The Balaban J connectivity index is 1.71. The topological polar surface area (TPSA) is 58.2 Å². The third-order valence-electron chi connectivity index (χ3n) is 3.86. The summed E-state index contributed by atoms with van der Waals surface area (Å²) in [5.74, 6) is -0.355. The fraction of sp³-hybridized carbons (Fsp3) is 0.0476. The van der Waals surface area contributed by atoms with Gasteiger partial charge < -0.3 is 10.6 Å². The van der Waals surface area contributed by atoms with Crippen molar-refractivity contribution in [2.75, 3.05) is 10.6 Å². The average Bonchev–Trinajstić information content (AvgIpc) is 2.64. The predicted molar refractivity (Wildman–Crippen MR) is 108 cm³/mol. The van der Waals surface area contributed by atoms with Crippen LogP contribution in [0.2, 0.25) is 0 Å². The first-order valence-electron chi connectivity index (χ1n) is 8.07. The smallest absolute Gasteiger partial charge is 0.255 e. The molecular formula is C21H17BrN2O2. The van der Waals surface area contributed by atoms with Crippen molar-refractivity contribution in [1.82, 2.24) is 0 Å². The summed E-state index contributed by atoms with van der Waals surface area (Å²) in [5, 5.41) is 5.75. The minimum Gasteiger partial charge on any atom is -0.322 e. The zero-order chi connectivity index (χ0) is 18.5. The van der Waals surface area contributed by atoms with E-state index in [1.165, 1.54) is 0 Å². The van der Waals surface area contributed by atoms with Crippen molar-refractivity contribution >= 4 is 39.1 Å². The zero-order valence-electron chi connectivity index (χ0n) is 14.1. The van der Waals surface area contributed by atoms with E-state index in [4.69, 9.17) is 0 Å². The number of carbonyl (C=O) groups is 2. The van der Waals surface area contributed by atoms with Crippen LogP contribution in [0.4, 0.5) is 11.4 Å². The summed E-state index contributed by atoms with van der Waals surface area (Å²) in [5.41, 5.74) is 3.41. The molecule has 0 aliphatic rings. The molecule has 0 spiro atoms. The van der Waals surface area contributed by atoms with E-state index >= 15 is 0 Å². The fourth-order valence-electron chi connectivity index (χ4n) is 2.50. The number of carbonyl (C=O) groups excluding carboxylic acids is 2. The van der Waals surface area contributed by atoms with Crippen LogP contribution < -0.4 is 10.6 Å². The molecule has 2 amide bonds. The van der Waals surface area contributed by atoms with Gasteiger partial charge in [-0.05, 0) is 61.0 Å². The summed E-state index contributed by atoms with van der Waals surface area (Å²) in [6.45, 7) is 1.88. The lowest BCUT2D eigenvalue weighted by Gasteiger charge is -2.11. The van der Waals surface area contributed by atoms with E-state index < -0.39 is 0 Å². The molecule has 0 aliphatic heterocycles. The van der Waals surface area contributed by atoms with Gasteiger partial charge in [0.2, 0.25) is 0 Å². The average molecular weight is 409 g/mol. The Morgan fingerprint density at radius 3 is 2.15 bits per heavy atom. The molecule has 0 saturated heterocycles. The maximum atomic E-state index is 12.3. The van der Waals surface area contributed by atoms with Crippen LogP contribution in [0.25, 0.3) is 0 Å². The number of halogens is 1. The highest BCUT2D eigenvalue weighted by molar-refractivity contribution is 9.10. The highest BCUT2D eigenvalue weighted by Gasteiger charge is 2.10. The second-order valence-electron chi connectivity index (χ2n) is 5.81. The van der Waals surface area contributed by atoms with Crippen LogP contribution in [-0.2, 0) is 0 Å². The number of hydrogen-bond acceptors (Lipinski definition) is 2. The molecule has 5 heteroatoms. The third-order valence-corrected chi connectivity index (χ3v) is 4.35. The molecular weight excluding hydrogens is 392 g/mol. The molecule has 26 heavy (non-hydrogen) atoms. The van der Waals surface area contributed by atoms with Gasteiger partial charge in [-0.1, -0.05) is 40.2 Å². The summed E-state index contributed by atoms with van der Waals surface area (Å²) < 4.78 is 0.848. The predicted octanol–water partition coefficient (Wildman–Crippen LogP) is 5.26. The molecule has 0 atom stereocenters. The van der Waals surface area contributed by atoms with Gasteiger partial charge in [-0.25, -0.2) is 0 Å². The zero-order valence-corrected chi connectivity index (χ0v) is 15.7. The van der Waals surface area contributed by atoms with Crippen LogP contribution in [-0.4, -0.2) is 11.8 Å². The largest absolute Gasteiger partial charge is 0.322 e. The Kier molecular flexibility index (Phi) is 5.49. The maximum Gasteiger partial charge on any atom is 0.255 e. The van der Waals surface area contributed by atoms with E-state index in [1.807, 2.05) is 43.3 Å². The van der Waals surface area contributed by atoms with Gasteiger partial charge >= 0.3 is 0 Å². The summed E-state index contributed by atoms with van der Waals surface area (Å²) >= 11 is 3.36. The van der Waals surface area contributed by atoms with Crippen LogP contribution in [0.3, 0.4) is 0 Å². The maximum absolute atomic E-state index is 12.3. The Labute approximate surface area is 160 Å². The molecule has 0 aliphatic carbocycles. The van der Waals surface area contributed by atoms with Crippen molar-refractivity contribution in [2.24, 2.45) is 0 Å². The van der Waals surface area contributed by atoms with Crippen molar-refractivity contribution in [3.8, 4) is 0 Å². The lowest BCUT2D eigenvalue weighted by Crippen LogP contribution is -2.14. The summed E-state index contributed by atoms with van der Waals surface area (Å²) in [7, 11) is 0. The highest BCUT2D eigenvalue weighted by atomic mass is 79.9. The highest BCUT2D eigenvalue weighted by Crippen LogP contribution is 2.21. The summed E-state index contributed by atoms with van der Waals surface area (Å²) in [6, 6.07) is 21.6. The number of anilines is 2. The van der Waals surface area contributed by atoms with Crippen molar-refractivity contribution in [3.63, 3.8) is 0 Å². The van der Waals surface area contributed by atoms with E-state index in [-0.39, 0.29) is 11.8 Å². The molecule has 130 valence electrons. The number of aryl methyl sites for hydroxylation is 1. The lowest BCUT2D eigenvalue weighted by atomic mass is 10.1. The molecule has 0 bridgehead atoms. The summed E-state index contributed by atoms with van der Waals surface area (Å²) in [6.07, 6.45) is 0. The van der Waals surface area contributed by atoms with E-state index in [0.29, 0.717) is 22.5 Å². The first-order chi connectivity index (χ1) is 12.5. The first-order valence-corrected chi connectivity index (χ1v) is 8.86. The number of hydrogen-bond donors (Lipinski definition) is 2. The van der Waals surface area contributed by atoms with Gasteiger partial charge in [-0.15, -0.1) is 0 Å². The van der Waals surface area contributed by atoms with Crippen molar-refractivity contribution in [1.29, 1.82) is 0 Å². The monoisotopic (exact) mass is 408 g/mol. The van der Waals surface area contributed by atoms with Gasteiger partial charge in [0.1, 0.15) is 0 Å². The normalized spacial score (nSPS) is 10.2. The Morgan fingerprint density at radius 1 is 0.769 bits per heavy atom. The molecule has 3 rings (SSSR count). The first kappa shape index (κ1) is 17.9. The van der Waals surface area contributed by atoms with Gasteiger partial charge in [0.15, 0.2) is 0 Å². The molecule has 0 unspecified atom stereocenters. The van der Waals surface area contributed by atoms with Crippen LogP contribution in [0.1, 0.15) is 26.3 Å². The number of nitrogens with one attached hydrogen (secondary N) is 2. The third kappa shape index (κ3) is 4.37. The van der Waals surface area contributed by atoms with Crippen LogP contribution in [0, 0.1) is 6.92 Å². The van der Waals surface area contributed by atoms with Crippen molar-refractivity contribution in [3.05, 3.63) is 94.0 Å². The SMILES string of the molecule is Cc1cc(NC(=O)c2cccc(Br)c2)ccc1NC(=O)c1ccccc1. The quantitative estimate of drug-likeness (QED) is 0.618. The van der Waals surface area contributed by atoms with Gasteiger partial charge in [0.05, 0.1) is 0 Å². The van der Waals surface area contributed by atoms with Gasteiger partial charge in [0, 0.05) is 27.0 Å². The molecule has 0 heterocycles. The van der Waals surface area contributed by atoms with Crippen LogP contribution in [0.5, 0.6) is 0 Å². The van der Waals surface area contributed by atoms with Crippen LogP contribution >= 0.6 is 15.9 Å². The molecule has 3 aromatic rings. The van der Waals surface area contributed by atoms with E-state index in [0.717, 1.165) is 10.0 Å². The second-order valence-corrected chi connectivity index (χ2v) is 6.73. The lowest BCUT2D eigenvalue weighted by molar-refractivity contribution is 0.101. The van der Waals surface area contributed by atoms with Crippen LogP contribution in [0.15, 0.2) is 77.3 Å². The van der Waals surface area contributed by atoms with E-state index in [1.54, 1.807) is 36.4 Å². The Bertz CT molecular complexity index is 955. The number of rotatable bonds is 4. The molecule has 3 aromatic carbocycles. The van der Waals surface area contributed by atoms with E-state index in [9.17, 15) is 9.59 Å². The van der Waals surface area contributed by atoms with Gasteiger partial charge in [0.25, 0.3) is 11.8 Å². The van der Waals surface area contributed by atoms with Gasteiger partial charge in [-0.2, -0.15) is 0 Å². The minimum absolute atomic E-state index is 0.167. The number of amides is 2. The standard InChI is InChI=1S/C21H17BrN2O2/c1-14-12-18(23-21(26)16-8-5-9-17(22)13-16)10-11-19(14)24-20(25)15-6-3-2-4-7-15/h2-13H,1H3,(H,23,26)(H,24,25). The second kappa shape index (κ2) is 7.97. The molecule has 0 aromatic heterocycles. The van der Waals surface area contributed by atoms with Crippen molar-refractivity contribution in [2.45, 2.75) is 6.92 Å². The molecule has 4 nitrogen and oxygen atoms in total. The Hall–Kier alpha value is -2.92. The van der Waals surface area contributed by atoms with Crippen molar-refractivity contribution < 1.29 is 9.59 Å². The van der Waals surface area contributed by atoms with Gasteiger partial charge in [-0.3, -0.25) is 9.59 Å². The Morgan fingerprint density at radius 2 is 1.46 bits per heavy atom. The fourth-order valence-corrected chi connectivity index (χ4v) is 2.90.